The van der Waals surface area contributed by atoms with Gasteiger partial charge >= 0.3 is 0 Å². The van der Waals surface area contributed by atoms with Gasteiger partial charge in [-0.15, -0.1) is 0 Å². The molecule has 3 aromatic rings. The van der Waals surface area contributed by atoms with Crippen LogP contribution in [0.1, 0.15) is 58.7 Å². The van der Waals surface area contributed by atoms with Crippen LogP contribution in [0.5, 0.6) is 0 Å². The van der Waals surface area contributed by atoms with Gasteiger partial charge in [-0.3, -0.25) is 19.7 Å². The molecule has 1 aliphatic heterocycles. The van der Waals surface area contributed by atoms with Crippen LogP contribution in [-0.2, 0) is 12.8 Å². The zero-order valence-corrected chi connectivity index (χ0v) is 17.1. The molecule has 1 saturated heterocycles. The van der Waals surface area contributed by atoms with Gasteiger partial charge in [0.2, 0.25) is 0 Å². The van der Waals surface area contributed by atoms with Gasteiger partial charge in [-0.05, 0) is 55.0 Å². The molecule has 0 bridgehead atoms. The number of halogens is 1. The molecular formula is C24H25FN4O. The van der Waals surface area contributed by atoms with Gasteiger partial charge in [0.15, 0.2) is 0 Å². The molecular weight excluding hydrogens is 379 g/mol. The molecule has 0 unspecified atom stereocenters. The van der Waals surface area contributed by atoms with Gasteiger partial charge in [-0.2, -0.15) is 0 Å². The fourth-order valence-electron chi connectivity index (χ4n) is 3.90. The molecule has 0 N–H and O–H groups in total. The van der Waals surface area contributed by atoms with Crippen LogP contribution in [0.25, 0.3) is 0 Å². The Hall–Kier alpha value is -3.15. The number of hydrogen-bond donors (Lipinski definition) is 0. The number of amides is 1. The van der Waals surface area contributed by atoms with E-state index in [2.05, 4.69) is 16.9 Å². The average Bonchev–Trinajstić information content (AvgIpc) is 3.29. The van der Waals surface area contributed by atoms with E-state index in [-0.39, 0.29) is 17.6 Å². The Morgan fingerprint density at radius 3 is 2.50 bits per heavy atom. The van der Waals surface area contributed by atoms with Crippen LogP contribution in [-0.4, -0.2) is 38.8 Å². The summed E-state index contributed by atoms with van der Waals surface area (Å²) in [6, 6.07) is 10.3. The highest BCUT2D eigenvalue weighted by Gasteiger charge is 2.21. The van der Waals surface area contributed by atoms with Crippen molar-refractivity contribution < 1.29 is 9.18 Å². The third-order valence-electron chi connectivity index (χ3n) is 5.50. The molecule has 1 fully saturated rings. The molecule has 4 rings (SSSR count). The van der Waals surface area contributed by atoms with Gasteiger partial charge in [0, 0.05) is 55.1 Å². The first-order chi connectivity index (χ1) is 14.6. The van der Waals surface area contributed by atoms with Gasteiger partial charge < -0.3 is 4.90 Å². The molecule has 1 aromatic carbocycles. The maximum Gasteiger partial charge on any atom is 0.253 e. The normalized spacial score (nSPS) is 14.7. The summed E-state index contributed by atoms with van der Waals surface area (Å²) in [5, 5.41) is 0. The van der Waals surface area contributed by atoms with Crippen molar-refractivity contribution in [2.24, 2.45) is 0 Å². The Kier molecular flexibility index (Phi) is 6.12. The van der Waals surface area contributed by atoms with Crippen molar-refractivity contribution in [1.82, 2.24) is 19.9 Å². The second-order valence-electron chi connectivity index (χ2n) is 7.87. The number of pyridine rings is 1. The van der Waals surface area contributed by atoms with Gasteiger partial charge in [0.1, 0.15) is 5.82 Å². The van der Waals surface area contributed by atoms with Crippen LogP contribution < -0.4 is 0 Å². The maximum atomic E-state index is 13.3. The first kappa shape index (κ1) is 20.1. The lowest BCUT2D eigenvalue weighted by Crippen LogP contribution is -2.28. The summed E-state index contributed by atoms with van der Waals surface area (Å²) in [7, 11) is 0. The van der Waals surface area contributed by atoms with Crippen molar-refractivity contribution in [2.45, 2.75) is 38.5 Å². The predicted molar refractivity (Wildman–Crippen MR) is 113 cm³/mol. The minimum absolute atomic E-state index is 0.0611. The Bertz CT molecular complexity index is 1000. The lowest BCUT2D eigenvalue weighted by molar-refractivity contribution is 0.0792. The zero-order chi connectivity index (χ0) is 20.9. The Balaban J connectivity index is 1.62. The molecule has 0 aliphatic carbocycles. The van der Waals surface area contributed by atoms with E-state index in [0.717, 1.165) is 48.6 Å². The summed E-state index contributed by atoms with van der Waals surface area (Å²) < 4.78 is 13.3. The summed E-state index contributed by atoms with van der Waals surface area (Å²) in [6.07, 6.45) is 8.31. The maximum absolute atomic E-state index is 13.3. The molecule has 3 heterocycles. The van der Waals surface area contributed by atoms with Crippen molar-refractivity contribution in [3.8, 4) is 0 Å². The van der Waals surface area contributed by atoms with E-state index in [1.165, 1.54) is 12.1 Å². The molecule has 2 aromatic heterocycles. The molecule has 0 radical (unpaired) electrons. The standard InChI is InChI=1S/C24H25FN4O/c1-17(18-4-6-20(25)7-5-18)12-21-13-19(24(30)29-10-2-3-11-29)14-22(28-21)15-23-16-26-8-9-27-23/h4-9,13-14,16-17H,2-3,10-12,15H2,1H3/t17-/m1/s1. The Labute approximate surface area is 176 Å². The number of aromatic nitrogens is 3. The van der Waals surface area contributed by atoms with E-state index < -0.39 is 0 Å². The van der Waals surface area contributed by atoms with Crippen LogP contribution in [0.3, 0.4) is 0 Å². The fraction of sp³-hybridized carbons (Fsp3) is 0.333. The van der Waals surface area contributed by atoms with E-state index in [9.17, 15) is 9.18 Å². The van der Waals surface area contributed by atoms with Crippen molar-refractivity contribution in [3.63, 3.8) is 0 Å². The van der Waals surface area contributed by atoms with Crippen molar-refractivity contribution in [2.75, 3.05) is 13.1 Å². The number of rotatable bonds is 6. The van der Waals surface area contributed by atoms with Crippen LogP contribution in [0.15, 0.2) is 55.0 Å². The SMILES string of the molecule is C[C@H](Cc1cc(C(=O)N2CCCC2)cc(Cc2cnccn2)n1)c1ccc(F)cc1. The molecule has 5 nitrogen and oxygen atoms in total. The summed E-state index contributed by atoms with van der Waals surface area (Å²) in [6.45, 7) is 3.70. The highest BCUT2D eigenvalue weighted by molar-refractivity contribution is 5.94. The summed E-state index contributed by atoms with van der Waals surface area (Å²) in [5.74, 6) is -0.0286. The first-order valence-corrected chi connectivity index (χ1v) is 10.4. The number of hydrogen-bond acceptors (Lipinski definition) is 4. The second-order valence-corrected chi connectivity index (χ2v) is 7.87. The molecule has 6 heteroatoms. The number of benzene rings is 1. The average molecular weight is 404 g/mol. The quantitative estimate of drug-likeness (QED) is 0.618. The summed E-state index contributed by atoms with van der Waals surface area (Å²) in [5.41, 5.74) is 4.20. The summed E-state index contributed by atoms with van der Waals surface area (Å²) >= 11 is 0. The Morgan fingerprint density at radius 1 is 1.07 bits per heavy atom. The molecule has 0 saturated carbocycles. The van der Waals surface area contributed by atoms with E-state index in [4.69, 9.17) is 4.98 Å². The van der Waals surface area contributed by atoms with Crippen molar-refractivity contribution >= 4 is 5.91 Å². The third kappa shape index (κ3) is 4.87. The fourth-order valence-corrected chi connectivity index (χ4v) is 3.90. The van der Waals surface area contributed by atoms with E-state index in [1.807, 2.05) is 17.0 Å². The lowest BCUT2D eigenvalue weighted by Gasteiger charge is -2.18. The van der Waals surface area contributed by atoms with Crippen LogP contribution >= 0.6 is 0 Å². The van der Waals surface area contributed by atoms with Crippen LogP contribution in [0.4, 0.5) is 4.39 Å². The highest BCUT2D eigenvalue weighted by atomic mass is 19.1. The Morgan fingerprint density at radius 2 is 1.80 bits per heavy atom. The third-order valence-corrected chi connectivity index (χ3v) is 5.50. The lowest BCUT2D eigenvalue weighted by atomic mass is 9.95. The number of carbonyl (C=O) groups is 1. The summed E-state index contributed by atoms with van der Waals surface area (Å²) in [4.78, 5) is 28.2. The smallest absolute Gasteiger partial charge is 0.253 e. The molecule has 30 heavy (non-hydrogen) atoms. The number of likely N-dealkylation sites (tertiary alicyclic amines) is 1. The zero-order valence-electron chi connectivity index (χ0n) is 17.1. The van der Waals surface area contributed by atoms with Crippen molar-refractivity contribution in [3.05, 3.63) is 89.0 Å². The highest BCUT2D eigenvalue weighted by Crippen LogP contribution is 2.22. The topological polar surface area (TPSA) is 59.0 Å². The van der Waals surface area contributed by atoms with Crippen LogP contribution in [0, 0.1) is 5.82 Å². The molecule has 1 atom stereocenters. The van der Waals surface area contributed by atoms with E-state index >= 15 is 0 Å². The van der Waals surface area contributed by atoms with Gasteiger partial charge in [-0.25, -0.2) is 4.39 Å². The van der Waals surface area contributed by atoms with Gasteiger partial charge in [-0.1, -0.05) is 19.1 Å². The number of nitrogens with zero attached hydrogens (tertiary/aromatic N) is 4. The van der Waals surface area contributed by atoms with E-state index in [1.54, 1.807) is 30.7 Å². The monoisotopic (exact) mass is 404 g/mol. The van der Waals surface area contributed by atoms with Crippen molar-refractivity contribution in [1.29, 1.82) is 0 Å². The molecule has 1 aliphatic rings. The molecule has 1 amide bonds. The van der Waals surface area contributed by atoms with Gasteiger partial charge in [0.25, 0.3) is 5.91 Å². The number of carbonyl (C=O) groups excluding carboxylic acids is 1. The minimum atomic E-state index is -0.242. The second kappa shape index (κ2) is 9.11. The van der Waals surface area contributed by atoms with Crippen LogP contribution in [0.2, 0.25) is 0 Å². The van der Waals surface area contributed by atoms with Gasteiger partial charge in [0.05, 0.1) is 5.69 Å². The van der Waals surface area contributed by atoms with E-state index in [0.29, 0.717) is 18.4 Å². The molecule has 0 spiro atoms. The molecule has 154 valence electrons. The first-order valence-electron chi connectivity index (χ1n) is 10.4. The minimum Gasteiger partial charge on any atom is -0.339 e. The largest absolute Gasteiger partial charge is 0.339 e. The predicted octanol–water partition coefficient (Wildman–Crippen LogP) is 4.18.